The van der Waals surface area contributed by atoms with E-state index in [4.69, 9.17) is 9.47 Å². The fourth-order valence-corrected chi connectivity index (χ4v) is 3.98. The van der Waals surface area contributed by atoms with E-state index in [1.54, 1.807) is 12.1 Å². The first-order chi connectivity index (χ1) is 13.6. The summed E-state index contributed by atoms with van der Waals surface area (Å²) in [4.78, 5) is 12.8. The van der Waals surface area contributed by atoms with Gasteiger partial charge in [0.1, 0.15) is 5.82 Å². The third-order valence-electron chi connectivity index (χ3n) is 5.70. The lowest BCUT2D eigenvalue weighted by Gasteiger charge is -2.37. The van der Waals surface area contributed by atoms with Gasteiger partial charge in [-0.05, 0) is 54.7 Å². The summed E-state index contributed by atoms with van der Waals surface area (Å²) >= 11 is 0. The van der Waals surface area contributed by atoms with Crippen molar-refractivity contribution in [1.82, 2.24) is 0 Å². The zero-order chi connectivity index (χ0) is 19.1. The van der Waals surface area contributed by atoms with Gasteiger partial charge in [-0.25, -0.2) is 4.39 Å². The molecule has 146 valence electrons. The van der Waals surface area contributed by atoms with E-state index in [-0.39, 0.29) is 17.8 Å². The van der Waals surface area contributed by atoms with Crippen molar-refractivity contribution in [3.63, 3.8) is 0 Å². The molecule has 2 aliphatic heterocycles. The van der Waals surface area contributed by atoms with Gasteiger partial charge in [-0.2, -0.15) is 0 Å². The molecule has 2 atom stereocenters. The molecule has 2 aromatic rings. The number of hydrogen-bond donors (Lipinski definition) is 2. The molecule has 0 radical (unpaired) electrons. The topological polar surface area (TPSA) is 59.6 Å². The van der Waals surface area contributed by atoms with Crippen LogP contribution in [0.25, 0.3) is 0 Å². The maximum Gasteiger partial charge on any atom is 0.289 e. The lowest BCUT2D eigenvalue weighted by Crippen LogP contribution is -2.47. The largest absolute Gasteiger partial charge is 0.381 e. The Morgan fingerprint density at radius 1 is 1.14 bits per heavy atom. The number of rotatable bonds is 5. The van der Waals surface area contributed by atoms with Gasteiger partial charge in [-0.1, -0.05) is 25.0 Å². The molecule has 1 saturated carbocycles. The molecule has 5 rings (SSSR count). The quantitative estimate of drug-likeness (QED) is 0.816. The van der Waals surface area contributed by atoms with Crippen molar-refractivity contribution in [2.75, 3.05) is 17.2 Å². The number of fused-ring (bicyclic) bond motifs is 2. The zero-order valence-corrected chi connectivity index (χ0v) is 15.5. The van der Waals surface area contributed by atoms with E-state index >= 15 is 0 Å². The molecule has 1 saturated heterocycles. The summed E-state index contributed by atoms with van der Waals surface area (Å²) in [5.41, 5.74) is 3.28. The Morgan fingerprint density at radius 3 is 2.75 bits per heavy atom. The second-order valence-corrected chi connectivity index (χ2v) is 7.87. The van der Waals surface area contributed by atoms with Crippen LogP contribution in [0.1, 0.15) is 36.8 Å². The van der Waals surface area contributed by atoms with Crippen molar-refractivity contribution in [3.05, 3.63) is 59.4 Å². The SMILES string of the molecule is O=C1Nc2ccc(NCc3ccc(F)cc3)cc2[C@]12OCCC(CC1CC1)O2. The van der Waals surface area contributed by atoms with Crippen LogP contribution in [0.4, 0.5) is 15.8 Å². The van der Waals surface area contributed by atoms with Crippen LogP contribution < -0.4 is 10.6 Å². The Hall–Kier alpha value is -2.44. The maximum atomic E-state index is 13.1. The lowest BCUT2D eigenvalue weighted by molar-refractivity contribution is -0.281. The Balaban J connectivity index is 1.36. The normalized spacial score (nSPS) is 26.2. The summed E-state index contributed by atoms with van der Waals surface area (Å²) in [6, 6.07) is 12.1. The van der Waals surface area contributed by atoms with E-state index in [9.17, 15) is 9.18 Å². The van der Waals surface area contributed by atoms with Gasteiger partial charge < -0.3 is 20.1 Å². The highest BCUT2D eigenvalue weighted by Crippen LogP contribution is 2.46. The highest BCUT2D eigenvalue weighted by Gasteiger charge is 2.53. The number of carbonyl (C=O) groups excluding carboxylic acids is 1. The van der Waals surface area contributed by atoms with Crippen LogP contribution in [-0.2, 0) is 26.6 Å². The van der Waals surface area contributed by atoms with E-state index in [0.717, 1.165) is 41.3 Å². The highest BCUT2D eigenvalue weighted by atomic mass is 19.1. The lowest BCUT2D eigenvalue weighted by atomic mass is 10.0. The third-order valence-corrected chi connectivity index (χ3v) is 5.70. The molecule has 3 aliphatic rings. The van der Waals surface area contributed by atoms with Gasteiger partial charge in [0.15, 0.2) is 0 Å². The summed E-state index contributed by atoms with van der Waals surface area (Å²) < 4.78 is 25.2. The number of carbonyl (C=O) groups is 1. The van der Waals surface area contributed by atoms with E-state index in [1.807, 2.05) is 18.2 Å². The number of hydrogen-bond acceptors (Lipinski definition) is 4. The number of amides is 1. The van der Waals surface area contributed by atoms with Crippen LogP contribution in [0.3, 0.4) is 0 Å². The molecule has 28 heavy (non-hydrogen) atoms. The molecule has 2 heterocycles. The van der Waals surface area contributed by atoms with Gasteiger partial charge >= 0.3 is 0 Å². The number of anilines is 2. The second-order valence-electron chi connectivity index (χ2n) is 7.87. The third kappa shape index (κ3) is 3.27. The zero-order valence-electron chi connectivity index (χ0n) is 15.5. The van der Waals surface area contributed by atoms with Crippen LogP contribution in [0.15, 0.2) is 42.5 Å². The minimum absolute atomic E-state index is 0.0498. The van der Waals surface area contributed by atoms with Gasteiger partial charge in [-0.15, -0.1) is 0 Å². The van der Waals surface area contributed by atoms with E-state index in [1.165, 1.54) is 25.0 Å². The van der Waals surface area contributed by atoms with Crippen LogP contribution in [-0.4, -0.2) is 18.6 Å². The van der Waals surface area contributed by atoms with Crippen molar-refractivity contribution in [2.24, 2.45) is 5.92 Å². The van der Waals surface area contributed by atoms with Crippen molar-refractivity contribution in [2.45, 2.75) is 44.1 Å². The van der Waals surface area contributed by atoms with Gasteiger partial charge in [0.05, 0.1) is 18.4 Å². The van der Waals surface area contributed by atoms with Gasteiger partial charge in [0.25, 0.3) is 11.7 Å². The standard InChI is InChI=1S/C22H23FN2O3/c23-16-5-3-15(4-6-16)13-24-17-7-8-20-19(12-17)22(21(26)25-20)27-10-9-18(28-22)11-14-1-2-14/h3-8,12,14,18,24H,1-2,9-11,13H2,(H,25,26)/t18?,22-/m1/s1. The minimum atomic E-state index is -1.35. The van der Waals surface area contributed by atoms with Gasteiger partial charge in [0, 0.05) is 17.8 Å². The summed E-state index contributed by atoms with van der Waals surface area (Å²) in [7, 11) is 0. The molecule has 2 N–H and O–H groups in total. The van der Waals surface area contributed by atoms with Crippen molar-refractivity contribution in [1.29, 1.82) is 0 Å². The average molecular weight is 382 g/mol. The first kappa shape index (κ1) is 17.6. The fourth-order valence-electron chi connectivity index (χ4n) is 3.98. The highest BCUT2D eigenvalue weighted by molar-refractivity contribution is 6.04. The Labute approximate surface area is 163 Å². The van der Waals surface area contributed by atoms with E-state index in [2.05, 4.69) is 10.6 Å². The van der Waals surface area contributed by atoms with Crippen LogP contribution >= 0.6 is 0 Å². The molecular formula is C22H23FN2O3. The molecule has 0 bridgehead atoms. The van der Waals surface area contributed by atoms with Crippen molar-refractivity contribution in [3.8, 4) is 0 Å². The van der Waals surface area contributed by atoms with Crippen molar-refractivity contribution >= 4 is 17.3 Å². The molecule has 0 aromatic heterocycles. The number of halogens is 1. The molecule has 2 aromatic carbocycles. The molecule has 1 amide bonds. The number of benzene rings is 2. The van der Waals surface area contributed by atoms with Crippen LogP contribution in [0.5, 0.6) is 0 Å². The molecule has 1 unspecified atom stereocenters. The second kappa shape index (κ2) is 6.87. The monoisotopic (exact) mass is 382 g/mol. The summed E-state index contributed by atoms with van der Waals surface area (Å²) in [6.45, 7) is 1.07. The van der Waals surface area contributed by atoms with Crippen molar-refractivity contribution < 1.29 is 18.7 Å². The minimum Gasteiger partial charge on any atom is -0.381 e. The predicted molar refractivity (Wildman–Crippen MR) is 103 cm³/mol. The van der Waals surface area contributed by atoms with Gasteiger partial charge in [-0.3, -0.25) is 4.79 Å². The smallest absolute Gasteiger partial charge is 0.289 e. The van der Waals surface area contributed by atoms with Crippen LogP contribution in [0, 0.1) is 11.7 Å². The van der Waals surface area contributed by atoms with Crippen LogP contribution in [0.2, 0.25) is 0 Å². The Kier molecular flexibility index (Phi) is 4.33. The summed E-state index contributed by atoms with van der Waals surface area (Å²) in [5, 5.41) is 6.22. The van der Waals surface area contributed by atoms with E-state index < -0.39 is 5.79 Å². The number of nitrogens with one attached hydrogen (secondary N) is 2. The molecule has 6 heteroatoms. The molecule has 5 nitrogen and oxygen atoms in total. The van der Waals surface area contributed by atoms with Gasteiger partial charge in [0.2, 0.25) is 0 Å². The predicted octanol–water partition coefficient (Wildman–Crippen LogP) is 4.15. The molecule has 1 aliphatic carbocycles. The molecule has 1 spiro atoms. The molecule has 2 fully saturated rings. The first-order valence-corrected chi connectivity index (χ1v) is 9.88. The Bertz CT molecular complexity index is 897. The summed E-state index contributed by atoms with van der Waals surface area (Å²) in [5.74, 6) is -1.12. The number of ether oxygens (including phenoxy) is 2. The summed E-state index contributed by atoms with van der Waals surface area (Å²) in [6.07, 6.45) is 4.38. The fraction of sp³-hybridized carbons (Fsp3) is 0.409. The average Bonchev–Trinajstić information content (AvgIpc) is 3.48. The molecular weight excluding hydrogens is 359 g/mol. The maximum absolute atomic E-state index is 13.1. The first-order valence-electron chi connectivity index (χ1n) is 9.88. The van der Waals surface area contributed by atoms with E-state index in [0.29, 0.717) is 13.2 Å². The Morgan fingerprint density at radius 2 is 1.96 bits per heavy atom.